The molecule has 5 nitrogen and oxygen atoms in total. The number of benzene rings is 1. The first kappa shape index (κ1) is 16.4. The van der Waals surface area contributed by atoms with Gasteiger partial charge < -0.3 is 9.88 Å². The van der Waals surface area contributed by atoms with Gasteiger partial charge in [0.15, 0.2) is 5.78 Å². The van der Waals surface area contributed by atoms with E-state index in [0.29, 0.717) is 6.42 Å². The third-order valence-electron chi connectivity index (χ3n) is 3.95. The van der Waals surface area contributed by atoms with Gasteiger partial charge in [-0.2, -0.15) is 0 Å². The van der Waals surface area contributed by atoms with Crippen molar-refractivity contribution in [1.29, 1.82) is 0 Å². The molecule has 0 aliphatic heterocycles. The van der Waals surface area contributed by atoms with E-state index in [1.165, 1.54) is 11.3 Å². The lowest BCUT2D eigenvalue weighted by atomic mass is 10.1. The van der Waals surface area contributed by atoms with Gasteiger partial charge >= 0.3 is 0 Å². The molecule has 3 rings (SSSR count). The number of imidazole rings is 1. The molecule has 0 spiro atoms. The molecule has 2 heterocycles. The molecule has 1 aromatic carbocycles. The number of ketones is 1. The molecule has 24 heavy (non-hydrogen) atoms. The molecule has 0 aliphatic rings. The van der Waals surface area contributed by atoms with Gasteiger partial charge in [-0.05, 0) is 37.4 Å². The van der Waals surface area contributed by atoms with E-state index in [-0.39, 0.29) is 17.7 Å². The fourth-order valence-corrected chi connectivity index (χ4v) is 3.32. The molecule has 0 bridgehead atoms. The molecular formula is C18H19N3O2S. The highest BCUT2D eigenvalue weighted by atomic mass is 32.1. The molecule has 0 saturated heterocycles. The van der Waals surface area contributed by atoms with Gasteiger partial charge in [-0.3, -0.25) is 9.59 Å². The van der Waals surface area contributed by atoms with Gasteiger partial charge in [0, 0.05) is 12.5 Å². The Balaban J connectivity index is 1.64. The summed E-state index contributed by atoms with van der Waals surface area (Å²) in [6.07, 6.45) is 1.97. The quantitative estimate of drug-likeness (QED) is 0.699. The second kappa shape index (κ2) is 6.97. The summed E-state index contributed by atoms with van der Waals surface area (Å²) in [5.41, 5.74) is 1.78. The fourth-order valence-electron chi connectivity index (χ4n) is 2.64. The Morgan fingerprint density at radius 2 is 2.00 bits per heavy atom. The maximum absolute atomic E-state index is 12.5. The van der Waals surface area contributed by atoms with Gasteiger partial charge in [-0.1, -0.05) is 18.2 Å². The number of rotatable bonds is 6. The molecule has 2 aromatic heterocycles. The number of amides is 1. The summed E-state index contributed by atoms with van der Waals surface area (Å²) in [4.78, 5) is 29.7. The molecule has 1 N–H and O–H groups in total. The molecule has 1 amide bonds. The number of para-hydroxylation sites is 2. The van der Waals surface area contributed by atoms with Crippen LogP contribution in [-0.4, -0.2) is 27.3 Å². The van der Waals surface area contributed by atoms with E-state index in [2.05, 4.69) is 10.3 Å². The number of thiophene rings is 1. The van der Waals surface area contributed by atoms with E-state index in [4.69, 9.17) is 0 Å². The fraction of sp³-hybridized carbons (Fsp3) is 0.278. The minimum atomic E-state index is -0.392. The second-order valence-electron chi connectivity index (χ2n) is 5.83. The van der Waals surface area contributed by atoms with E-state index in [1.807, 2.05) is 60.2 Å². The van der Waals surface area contributed by atoms with Gasteiger partial charge in [-0.25, -0.2) is 4.98 Å². The second-order valence-corrected chi connectivity index (χ2v) is 6.78. The highest BCUT2D eigenvalue weighted by Gasteiger charge is 2.20. The smallest absolute Gasteiger partial charge is 0.243 e. The lowest BCUT2D eigenvalue weighted by Crippen LogP contribution is -2.38. The van der Waals surface area contributed by atoms with E-state index in [0.717, 1.165) is 15.9 Å². The molecule has 0 radical (unpaired) electrons. The number of carbonyl (C=O) groups is 2. The predicted octanol–water partition coefficient (Wildman–Crippen LogP) is 3.44. The van der Waals surface area contributed by atoms with Crippen LogP contribution in [0.4, 0.5) is 0 Å². The van der Waals surface area contributed by atoms with Crippen LogP contribution in [0.5, 0.6) is 0 Å². The van der Waals surface area contributed by atoms with Crippen molar-refractivity contribution in [3.05, 3.63) is 53.0 Å². The van der Waals surface area contributed by atoms with E-state index in [1.54, 1.807) is 6.33 Å². The van der Waals surface area contributed by atoms with Crippen molar-refractivity contribution in [2.45, 2.75) is 32.4 Å². The summed E-state index contributed by atoms with van der Waals surface area (Å²) in [5.74, 6) is -0.0665. The van der Waals surface area contributed by atoms with Crippen LogP contribution in [0.3, 0.4) is 0 Å². The Morgan fingerprint density at radius 3 is 2.75 bits per heavy atom. The number of nitrogens with one attached hydrogen (secondary N) is 1. The van der Waals surface area contributed by atoms with Crippen molar-refractivity contribution in [3.8, 4) is 0 Å². The monoisotopic (exact) mass is 341 g/mol. The first-order valence-corrected chi connectivity index (χ1v) is 8.73. The summed E-state index contributed by atoms with van der Waals surface area (Å²) < 4.78 is 1.85. The zero-order valence-electron chi connectivity index (χ0n) is 13.6. The number of Topliss-reactive ketones (excluding diaryl/α,β-unsaturated/α-hetero) is 1. The molecule has 0 aliphatic carbocycles. The number of aromatic nitrogens is 2. The number of hydrogen-bond donors (Lipinski definition) is 1. The number of hydrogen-bond acceptors (Lipinski definition) is 4. The van der Waals surface area contributed by atoms with Gasteiger partial charge in [0.2, 0.25) is 5.91 Å². The van der Waals surface area contributed by atoms with Crippen LogP contribution in [0, 0.1) is 0 Å². The van der Waals surface area contributed by atoms with Crippen LogP contribution in [0.2, 0.25) is 0 Å². The van der Waals surface area contributed by atoms with E-state index < -0.39 is 6.04 Å². The lowest BCUT2D eigenvalue weighted by molar-refractivity contribution is -0.124. The normalized spacial score (nSPS) is 13.6. The zero-order valence-corrected chi connectivity index (χ0v) is 14.4. The maximum Gasteiger partial charge on any atom is 0.243 e. The minimum absolute atomic E-state index is 0.0542. The Morgan fingerprint density at radius 1 is 1.21 bits per heavy atom. The summed E-state index contributed by atoms with van der Waals surface area (Å²) in [7, 11) is 0. The van der Waals surface area contributed by atoms with Crippen LogP contribution in [0.15, 0.2) is 48.1 Å². The standard InChI is InChI=1S/C18H19N3O2S/c1-12(10-16(22)17-8-5-9-24-17)20-18(23)13(2)21-11-19-14-6-3-4-7-15(14)21/h3-9,11-13H,10H2,1-2H3,(H,20,23)/t12-,13+/m0/s1. The van der Waals surface area contributed by atoms with Crippen molar-refractivity contribution in [2.75, 3.05) is 0 Å². The zero-order chi connectivity index (χ0) is 17.1. The lowest BCUT2D eigenvalue weighted by Gasteiger charge is -2.18. The molecular weight excluding hydrogens is 322 g/mol. The van der Waals surface area contributed by atoms with Crippen molar-refractivity contribution >= 4 is 34.1 Å². The first-order chi connectivity index (χ1) is 11.6. The molecule has 2 atom stereocenters. The van der Waals surface area contributed by atoms with Crippen molar-refractivity contribution in [3.63, 3.8) is 0 Å². The van der Waals surface area contributed by atoms with Crippen LogP contribution >= 0.6 is 11.3 Å². The largest absolute Gasteiger partial charge is 0.351 e. The van der Waals surface area contributed by atoms with Gasteiger partial charge in [0.25, 0.3) is 0 Å². The number of nitrogens with zero attached hydrogens (tertiary/aromatic N) is 2. The van der Waals surface area contributed by atoms with Gasteiger partial charge in [0.05, 0.1) is 22.2 Å². The van der Waals surface area contributed by atoms with Crippen molar-refractivity contribution < 1.29 is 9.59 Å². The highest BCUT2D eigenvalue weighted by Crippen LogP contribution is 2.18. The van der Waals surface area contributed by atoms with Gasteiger partial charge in [0.1, 0.15) is 6.04 Å². The van der Waals surface area contributed by atoms with Crippen molar-refractivity contribution in [2.24, 2.45) is 0 Å². The third-order valence-corrected chi connectivity index (χ3v) is 4.86. The molecule has 0 fully saturated rings. The van der Waals surface area contributed by atoms with Crippen molar-refractivity contribution in [1.82, 2.24) is 14.9 Å². The van der Waals surface area contributed by atoms with Crippen LogP contribution < -0.4 is 5.32 Å². The first-order valence-electron chi connectivity index (χ1n) is 7.85. The summed E-state index contributed by atoms with van der Waals surface area (Å²) in [6, 6.07) is 10.8. The molecule has 0 saturated carbocycles. The Labute approximate surface area is 144 Å². The third kappa shape index (κ3) is 3.38. The van der Waals surface area contributed by atoms with Crippen LogP contribution in [0.25, 0.3) is 11.0 Å². The predicted molar refractivity (Wildman–Crippen MR) is 95.3 cm³/mol. The Kier molecular flexibility index (Phi) is 4.76. The maximum atomic E-state index is 12.5. The summed E-state index contributed by atoms with van der Waals surface area (Å²) in [6.45, 7) is 3.68. The minimum Gasteiger partial charge on any atom is -0.351 e. The van der Waals surface area contributed by atoms with E-state index >= 15 is 0 Å². The number of carbonyl (C=O) groups excluding carboxylic acids is 2. The highest BCUT2D eigenvalue weighted by molar-refractivity contribution is 7.12. The molecule has 124 valence electrons. The Bertz CT molecular complexity index is 854. The Hall–Kier alpha value is -2.47. The SMILES string of the molecule is C[C@H](C(=O)N[C@@H](C)CC(=O)c1cccs1)n1cnc2ccccc21. The van der Waals surface area contributed by atoms with E-state index in [9.17, 15) is 9.59 Å². The molecule has 0 unspecified atom stereocenters. The summed E-state index contributed by atoms with van der Waals surface area (Å²) >= 11 is 1.42. The number of fused-ring (bicyclic) bond motifs is 1. The summed E-state index contributed by atoms with van der Waals surface area (Å²) in [5, 5.41) is 4.80. The van der Waals surface area contributed by atoms with Gasteiger partial charge in [-0.15, -0.1) is 11.3 Å². The molecule has 6 heteroatoms. The average Bonchev–Trinajstić information content (AvgIpc) is 3.23. The van der Waals surface area contributed by atoms with Crippen LogP contribution in [-0.2, 0) is 4.79 Å². The topological polar surface area (TPSA) is 64.0 Å². The molecule has 3 aromatic rings. The average molecular weight is 341 g/mol. The van der Waals surface area contributed by atoms with Crippen LogP contribution in [0.1, 0.15) is 36.0 Å².